The van der Waals surface area contributed by atoms with Crippen molar-refractivity contribution in [3.63, 3.8) is 0 Å². The fourth-order valence-electron chi connectivity index (χ4n) is 3.57. The van der Waals surface area contributed by atoms with Gasteiger partial charge in [0, 0.05) is 40.0 Å². The zero-order valence-electron chi connectivity index (χ0n) is 18.1. The van der Waals surface area contributed by atoms with Crippen LogP contribution < -0.4 is 9.80 Å². The summed E-state index contributed by atoms with van der Waals surface area (Å²) >= 11 is 0. The number of para-hydroxylation sites is 2. The molecule has 0 aliphatic carbocycles. The number of hydrogen-bond acceptors (Lipinski definition) is 7. The van der Waals surface area contributed by atoms with E-state index in [9.17, 15) is 19.6 Å². The van der Waals surface area contributed by atoms with Gasteiger partial charge in [0.2, 0.25) is 5.91 Å². The van der Waals surface area contributed by atoms with E-state index in [0.29, 0.717) is 12.4 Å². The van der Waals surface area contributed by atoms with Gasteiger partial charge in [0.05, 0.1) is 24.4 Å². The summed E-state index contributed by atoms with van der Waals surface area (Å²) in [5.41, 5.74) is 1.83. The molecule has 8 heteroatoms. The van der Waals surface area contributed by atoms with Crippen molar-refractivity contribution in [2.24, 2.45) is 5.92 Å². The molecule has 1 unspecified atom stereocenters. The molecule has 1 heterocycles. The average molecular weight is 412 g/mol. The summed E-state index contributed by atoms with van der Waals surface area (Å²) in [6, 6.07) is 9.65. The lowest BCUT2D eigenvalue weighted by molar-refractivity contribution is -0.146. The molecule has 1 amide bonds. The van der Waals surface area contributed by atoms with Gasteiger partial charge in [-0.2, -0.15) is 5.26 Å². The number of amides is 1. The summed E-state index contributed by atoms with van der Waals surface area (Å²) in [5.74, 6) is -0.959. The number of allylic oxidation sites excluding steroid dienone is 1. The highest BCUT2D eigenvalue weighted by Crippen LogP contribution is 2.40. The van der Waals surface area contributed by atoms with Crippen LogP contribution in [0.3, 0.4) is 0 Å². The van der Waals surface area contributed by atoms with Crippen LogP contribution in [-0.4, -0.2) is 56.9 Å². The number of hydrogen-bond donors (Lipinski definition) is 0. The Morgan fingerprint density at radius 3 is 2.17 bits per heavy atom. The van der Waals surface area contributed by atoms with Gasteiger partial charge in [0.25, 0.3) is 0 Å². The second-order valence-electron chi connectivity index (χ2n) is 7.20. The number of nitriles is 1. The largest absolute Gasteiger partial charge is 0.469 e. The molecule has 1 aliphatic rings. The van der Waals surface area contributed by atoms with E-state index in [-0.39, 0.29) is 42.6 Å². The second-order valence-corrected chi connectivity index (χ2v) is 7.20. The Bertz CT molecular complexity index is 872. The first kappa shape index (κ1) is 22.9. The molecular weight excluding hydrogens is 384 g/mol. The van der Waals surface area contributed by atoms with Crippen molar-refractivity contribution in [3.8, 4) is 6.07 Å². The highest BCUT2D eigenvalue weighted by Gasteiger charge is 2.31. The standard InChI is InChI=1S/C22H28N4O4/c1-6-26(14-15(2)22(29)30-5)20(28)12-11-19(27)16(13-23)21-24(3)17-9-7-8-10-18(17)25(21)4/h7-10,15H,6,11-12,14H2,1-5H3. The van der Waals surface area contributed by atoms with Crippen LogP contribution in [0.5, 0.6) is 0 Å². The Morgan fingerprint density at radius 1 is 1.13 bits per heavy atom. The van der Waals surface area contributed by atoms with Gasteiger partial charge in [-0.25, -0.2) is 0 Å². The number of anilines is 2. The summed E-state index contributed by atoms with van der Waals surface area (Å²) in [6.07, 6.45) is -0.105. The number of methoxy groups -OCH3 is 1. The molecule has 0 fully saturated rings. The number of carbonyl (C=O) groups excluding carboxylic acids is 3. The third-order valence-corrected chi connectivity index (χ3v) is 5.25. The van der Waals surface area contributed by atoms with Gasteiger partial charge in [-0.3, -0.25) is 14.4 Å². The molecule has 1 aliphatic heterocycles. The average Bonchev–Trinajstić information content (AvgIpc) is 3.01. The molecule has 1 aromatic rings. The minimum Gasteiger partial charge on any atom is -0.469 e. The number of benzene rings is 1. The molecule has 160 valence electrons. The van der Waals surface area contributed by atoms with Crippen molar-refractivity contribution in [3.05, 3.63) is 35.7 Å². The molecule has 0 bridgehead atoms. The van der Waals surface area contributed by atoms with Crippen LogP contribution in [0.25, 0.3) is 0 Å². The van der Waals surface area contributed by atoms with Crippen molar-refractivity contribution in [2.45, 2.75) is 26.7 Å². The lowest BCUT2D eigenvalue weighted by atomic mass is 10.1. The molecule has 0 saturated heterocycles. The zero-order valence-corrected chi connectivity index (χ0v) is 18.1. The minimum absolute atomic E-state index is 0.0231. The van der Waals surface area contributed by atoms with E-state index in [0.717, 1.165) is 11.4 Å². The van der Waals surface area contributed by atoms with Crippen LogP contribution in [0.15, 0.2) is 35.7 Å². The molecule has 8 nitrogen and oxygen atoms in total. The number of Topliss-reactive ketones (excluding diaryl/α,β-unsaturated/α-hetero) is 1. The van der Waals surface area contributed by atoms with E-state index < -0.39 is 5.92 Å². The van der Waals surface area contributed by atoms with Gasteiger partial charge in [0.1, 0.15) is 17.5 Å². The lowest BCUT2D eigenvalue weighted by Crippen LogP contribution is -2.37. The number of rotatable bonds is 8. The third-order valence-electron chi connectivity index (χ3n) is 5.25. The van der Waals surface area contributed by atoms with Gasteiger partial charge in [-0.15, -0.1) is 0 Å². The topological polar surface area (TPSA) is 93.9 Å². The normalized spacial score (nSPS) is 13.4. The van der Waals surface area contributed by atoms with E-state index in [1.807, 2.05) is 47.1 Å². The number of fused-ring (bicyclic) bond motifs is 1. The number of nitrogens with zero attached hydrogens (tertiary/aromatic N) is 4. The van der Waals surface area contributed by atoms with Crippen molar-refractivity contribution < 1.29 is 19.1 Å². The van der Waals surface area contributed by atoms with Crippen molar-refractivity contribution in [1.82, 2.24) is 4.90 Å². The van der Waals surface area contributed by atoms with Gasteiger partial charge in [-0.05, 0) is 19.1 Å². The third kappa shape index (κ3) is 4.62. The number of carbonyl (C=O) groups is 3. The first-order valence-electron chi connectivity index (χ1n) is 9.86. The molecule has 0 saturated carbocycles. The van der Waals surface area contributed by atoms with Crippen molar-refractivity contribution in [1.29, 1.82) is 5.26 Å². The predicted octanol–water partition coefficient (Wildman–Crippen LogP) is 2.31. The molecule has 2 rings (SSSR count). The summed E-state index contributed by atoms with van der Waals surface area (Å²) in [6.45, 7) is 4.14. The molecular formula is C22H28N4O4. The van der Waals surface area contributed by atoms with E-state index in [2.05, 4.69) is 0 Å². The first-order chi connectivity index (χ1) is 14.3. The van der Waals surface area contributed by atoms with Gasteiger partial charge >= 0.3 is 5.97 Å². The van der Waals surface area contributed by atoms with Gasteiger partial charge in [-0.1, -0.05) is 19.1 Å². The SMILES string of the molecule is CCN(CC(C)C(=O)OC)C(=O)CCC(=O)C(C#N)=C1N(C)c2ccccc2N1C. The van der Waals surface area contributed by atoms with E-state index in [1.165, 1.54) is 12.0 Å². The number of ether oxygens (including phenoxy) is 1. The number of ketones is 1. The summed E-state index contributed by atoms with van der Waals surface area (Å²) in [4.78, 5) is 42.1. The Balaban J connectivity index is 2.11. The van der Waals surface area contributed by atoms with Crippen LogP contribution in [0.1, 0.15) is 26.7 Å². The Labute approximate surface area is 177 Å². The quantitative estimate of drug-likeness (QED) is 0.367. The fraction of sp³-hybridized carbons (Fsp3) is 0.455. The van der Waals surface area contributed by atoms with Crippen LogP contribution in [0.2, 0.25) is 0 Å². The molecule has 1 atom stereocenters. The molecule has 0 aromatic heterocycles. The molecule has 0 radical (unpaired) electrons. The van der Waals surface area contributed by atoms with Gasteiger partial charge < -0.3 is 19.4 Å². The van der Waals surface area contributed by atoms with Crippen LogP contribution in [-0.2, 0) is 19.1 Å². The van der Waals surface area contributed by atoms with Crippen molar-refractivity contribution in [2.75, 3.05) is 44.1 Å². The Kier molecular flexibility index (Phi) is 7.59. The van der Waals surface area contributed by atoms with Crippen molar-refractivity contribution >= 4 is 29.0 Å². The maximum absolute atomic E-state index is 12.8. The highest BCUT2D eigenvalue weighted by molar-refractivity contribution is 6.03. The minimum atomic E-state index is -0.453. The molecule has 0 N–H and O–H groups in total. The second kappa shape index (κ2) is 9.92. The fourth-order valence-corrected chi connectivity index (χ4v) is 3.57. The van der Waals surface area contributed by atoms with Crippen LogP contribution in [0, 0.1) is 17.2 Å². The monoisotopic (exact) mass is 412 g/mol. The van der Waals surface area contributed by atoms with E-state index >= 15 is 0 Å². The predicted molar refractivity (Wildman–Crippen MR) is 114 cm³/mol. The number of esters is 1. The maximum Gasteiger partial charge on any atom is 0.310 e. The molecule has 30 heavy (non-hydrogen) atoms. The smallest absolute Gasteiger partial charge is 0.310 e. The molecule has 1 aromatic carbocycles. The van der Waals surface area contributed by atoms with Gasteiger partial charge in [0.15, 0.2) is 5.78 Å². The zero-order chi connectivity index (χ0) is 22.4. The van der Waals surface area contributed by atoms with Crippen LogP contribution >= 0.6 is 0 Å². The summed E-state index contributed by atoms with van der Waals surface area (Å²) in [5, 5.41) is 9.67. The highest BCUT2D eigenvalue weighted by atomic mass is 16.5. The maximum atomic E-state index is 12.8. The summed E-state index contributed by atoms with van der Waals surface area (Å²) < 4.78 is 4.70. The first-order valence-corrected chi connectivity index (χ1v) is 9.86. The molecule has 0 spiro atoms. The van der Waals surface area contributed by atoms with E-state index in [4.69, 9.17) is 4.74 Å². The Hall–Kier alpha value is -3.34. The van der Waals surface area contributed by atoms with E-state index in [1.54, 1.807) is 21.0 Å². The van der Waals surface area contributed by atoms with Crippen LogP contribution in [0.4, 0.5) is 11.4 Å². The Morgan fingerprint density at radius 2 is 1.70 bits per heavy atom. The summed E-state index contributed by atoms with van der Waals surface area (Å²) in [7, 11) is 4.92. The lowest BCUT2D eigenvalue weighted by Gasteiger charge is -2.23.